The van der Waals surface area contributed by atoms with Gasteiger partial charge in [0.2, 0.25) is 11.8 Å². The molecule has 0 saturated heterocycles. The van der Waals surface area contributed by atoms with Crippen LogP contribution in [0.3, 0.4) is 0 Å². The van der Waals surface area contributed by atoms with Crippen molar-refractivity contribution < 1.29 is 9.59 Å². The molecule has 0 heterocycles. The molecule has 18 heavy (non-hydrogen) atoms. The summed E-state index contributed by atoms with van der Waals surface area (Å²) in [5.41, 5.74) is 10.6. The van der Waals surface area contributed by atoms with Crippen molar-refractivity contribution in [2.75, 3.05) is 0 Å². The maximum atomic E-state index is 11.7. The minimum atomic E-state index is -0.807. The zero-order valence-electron chi connectivity index (χ0n) is 10.7. The number of halogens is 1. The maximum Gasteiger partial charge on any atom is 0.237 e. The highest BCUT2D eigenvalue weighted by atomic mass is 35.5. The molecule has 1 atom stereocenters. The predicted molar refractivity (Wildman–Crippen MR) is 73.3 cm³/mol. The Morgan fingerprint density at radius 3 is 2.11 bits per heavy atom. The van der Waals surface area contributed by atoms with Gasteiger partial charge in [-0.25, -0.2) is 0 Å². The number of amides is 2. The summed E-state index contributed by atoms with van der Waals surface area (Å²) in [5, 5.41) is 2.92. The van der Waals surface area contributed by atoms with Crippen LogP contribution < -0.4 is 16.8 Å². The molecule has 1 rings (SSSR count). The van der Waals surface area contributed by atoms with Gasteiger partial charge in [0, 0.05) is 6.04 Å². The number of rotatable bonds is 4. The van der Waals surface area contributed by atoms with Crippen LogP contribution in [0.5, 0.6) is 0 Å². The van der Waals surface area contributed by atoms with Gasteiger partial charge in [-0.1, -0.05) is 32.1 Å². The average molecular weight is 278 g/mol. The summed E-state index contributed by atoms with van der Waals surface area (Å²) < 4.78 is 0. The fourth-order valence-corrected chi connectivity index (χ4v) is 2.22. The lowest BCUT2D eigenvalue weighted by atomic mass is 9.96. The van der Waals surface area contributed by atoms with Gasteiger partial charge in [-0.3, -0.25) is 9.59 Å². The molecule has 1 aliphatic rings. The Labute approximate surface area is 114 Å². The Hall–Kier alpha value is -0.810. The molecule has 0 radical (unpaired) electrons. The van der Waals surface area contributed by atoms with E-state index in [9.17, 15) is 9.59 Å². The molecule has 0 aromatic heterocycles. The molecule has 2 amide bonds. The van der Waals surface area contributed by atoms with Crippen molar-refractivity contribution in [3.05, 3.63) is 0 Å². The molecular formula is C12H24ClN3O2. The molecule has 5 N–H and O–H groups in total. The monoisotopic (exact) mass is 277 g/mol. The molecular weight excluding hydrogens is 254 g/mol. The minimum absolute atomic E-state index is 0. The van der Waals surface area contributed by atoms with Crippen molar-refractivity contribution in [1.29, 1.82) is 0 Å². The number of carbonyl (C=O) groups excluding carboxylic acids is 2. The van der Waals surface area contributed by atoms with Gasteiger partial charge in [0.15, 0.2) is 0 Å². The molecule has 1 unspecified atom stereocenters. The third-order valence-corrected chi connectivity index (χ3v) is 3.21. The van der Waals surface area contributed by atoms with Crippen molar-refractivity contribution >= 4 is 24.2 Å². The summed E-state index contributed by atoms with van der Waals surface area (Å²) in [6, 6.07) is -0.598. The van der Waals surface area contributed by atoms with E-state index in [4.69, 9.17) is 11.5 Å². The molecule has 0 spiro atoms. The van der Waals surface area contributed by atoms with Gasteiger partial charge in [0.1, 0.15) is 0 Å². The van der Waals surface area contributed by atoms with E-state index in [1.807, 2.05) is 0 Å². The second-order valence-electron chi connectivity index (χ2n) is 4.83. The number of hydrogen-bond donors (Lipinski definition) is 3. The van der Waals surface area contributed by atoms with Crippen LogP contribution in [0, 0.1) is 0 Å². The van der Waals surface area contributed by atoms with E-state index < -0.39 is 11.9 Å². The van der Waals surface area contributed by atoms with Crippen molar-refractivity contribution in [1.82, 2.24) is 5.32 Å². The third-order valence-electron chi connectivity index (χ3n) is 3.21. The van der Waals surface area contributed by atoms with Crippen LogP contribution in [0.15, 0.2) is 0 Å². The number of nitrogens with two attached hydrogens (primary N) is 2. The van der Waals surface area contributed by atoms with E-state index in [1.165, 1.54) is 19.3 Å². The van der Waals surface area contributed by atoms with Crippen molar-refractivity contribution in [2.45, 2.75) is 63.5 Å². The second-order valence-corrected chi connectivity index (χ2v) is 4.83. The van der Waals surface area contributed by atoms with E-state index in [1.54, 1.807) is 0 Å². The smallest absolute Gasteiger partial charge is 0.237 e. The second kappa shape index (κ2) is 9.16. The quantitative estimate of drug-likeness (QED) is 0.710. The van der Waals surface area contributed by atoms with Gasteiger partial charge in [-0.05, 0) is 12.8 Å². The Bertz CT molecular complexity index is 266. The minimum Gasteiger partial charge on any atom is -0.370 e. The molecule has 106 valence electrons. The van der Waals surface area contributed by atoms with Crippen LogP contribution in [0.4, 0.5) is 0 Å². The van der Waals surface area contributed by atoms with Gasteiger partial charge < -0.3 is 16.8 Å². The Morgan fingerprint density at radius 2 is 1.61 bits per heavy atom. The van der Waals surface area contributed by atoms with E-state index in [0.717, 1.165) is 25.7 Å². The van der Waals surface area contributed by atoms with E-state index in [0.29, 0.717) is 0 Å². The Kier molecular flexibility index (Phi) is 8.75. The van der Waals surface area contributed by atoms with Gasteiger partial charge in [0.05, 0.1) is 12.5 Å². The molecule has 0 bridgehead atoms. The SMILES string of the molecule is Cl.NC(=O)CC(N)C(=O)NC1CCCCCCC1. The lowest BCUT2D eigenvalue weighted by Crippen LogP contribution is -2.47. The van der Waals surface area contributed by atoms with Crippen molar-refractivity contribution in [2.24, 2.45) is 11.5 Å². The zero-order valence-corrected chi connectivity index (χ0v) is 11.5. The number of hydrogen-bond acceptors (Lipinski definition) is 3. The predicted octanol–water partition coefficient (Wildman–Crippen LogP) is 0.840. The third kappa shape index (κ3) is 6.81. The molecule has 1 fully saturated rings. The maximum absolute atomic E-state index is 11.7. The average Bonchev–Trinajstić information content (AvgIpc) is 2.20. The number of carbonyl (C=O) groups is 2. The first kappa shape index (κ1) is 17.2. The summed E-state index contributed by atoms with van der Waals surface area (Å²) in [7, 11) is 0. The molecule has 1 saturated carbocycles. The van der Waals surface area contributed by atoms with Crippen LogP contribution in [-0.2, 0) is 9.59 Å². The summed E-state index contributed by atoms with van der Waals surface area (Å²) >= 11 is 0. The highest BCUT2D eigenvalue weighted by molar-refractivity contribution is 5.87. The van der Waals surface area contributed by atoms with Gasteiger partial charge in [-0.2, -0.15) is 0 Å². The van der Waals surface area contributed by atoms with Crippen LogP contribution in [-0.4, -0.2) is 23.9 Å². The van der Waals surface area contributed by atoms with Crippen LogP contribution in [0.1, 0.15) is 51.4 Å². The largest absolute Gasteiger partial charge is 0.370 e. The standard InChI is InChI=1S/C12H23N3O2.ClH/c13-10(8-11(14)16)12(17)15-9-6-4-2-1-3-5-7-9;/h9-10H,1-8,13H2,(H2,14,16)(H,15,17);1H. The molecule has 0 aliphatic heterocycles. The molecule has 6 heteroatoms. The lowest BCUT2D eigenvalue weighted by Gasteiger charge is -2.22. The first-order chi connectivity index (χ1) is 8.09. The topological polar surface area (TPSA) is 98.2 Å². The normalized spacial score (nSPS) is 18.9. The molecule has 0 aromatic rings. The van der Waals surface area contributed by atoms with Gasteiger partial charge in [0.25, 0.3) is 0 Å². The van der Waals surface area contributed by atoms with Gasteiger partial charge in [-0.15, -0.1) is 12.4 Å². The number of nitrogens with one attached hydrogen (secondary N) is 1. The van der Waals surface area contributed by atoms with Gasteiger partial charge >= 0.3 is 0 Å². The highest BCUT2D eigenvalue weighted by Gasteiger charge is 2.20. The zero-order chi connectivity index (χ0) is 12.7. The van der Waals surface area contributed by atoms with E-state index in [2.05, 4.69) is 5.32 Å². The highest BCUT2D eigenvalue weighted by Crippen LogP contribution is 2.17. The fourth-order valence-electron chi connectivity index (χ4n) is 2.22. The Morgan fingerprint density at radius 1 is 1.11 bits per heavy atom. The molecule has 5 nitrogen and oxygen atoms in total. The van der Waals surface area contributed by atoms with E-state index in [-0.39, 0.29) is 30.8 Å². The van der Waals surface area contributed by atoms with Crippen LogP contribution >= 0.6 is 12.4 Å². The van der Waals surface area contributed by atoms with Crippen molar-refractivity contribution in [3.63, 3.8) is 0 Å². The first-order valence-corrected chi connectivity index (χ1v) is 6.44. The van der Waals surface area contributed by atoms with Crippen molar-refractivity contribution in [3.8, 4) is 0 Å². The molecule has 1 aliphatic carbocycles. The van der Waals surface area contributed by atoms with Crippen LogP contribution in [0.2, 0.25) is 0 Å². The summed E-state index contributed by atoms with van der Waals surface area (Å²) in [6.45, 7) is 0. The summed E-state index contributed by atoms with van der Waals surface area (Å²) in [6.07, 6.45) is 8.00. The Balaban J connectivity index is 0.00000289. The van der Waals surface area contributed by atoms with E-state index >= 15 is 0 Å². The molecule has 0 aromatic carbocycles. The first-order valence-electron chi connectivity index (χ1n) is 6.44. The van der Waals surface area contributed by atoms with Crippen LogP contribution in [0.25, 0.3) is 0 Å². The fraction of sp³-hybridized carbons (Fsp3) is 0.833. The number of primary amides is 1. The lowest BCUT2D eigenvalue weighted by molar-refractivity contribution is -0.126. The summed E-state index contributed by atoms with van der Waals surface area (Å²) in [5.74, 6) is -0.792. The summed E-state index contributed by atoms with van der Waals surface area (Å²) in [4.78, 5) is 22.4.